The van der Waals surface area contributed by atoms with Crippen molar-refractivity contribution in [1.29, 1.82) is 0 Å². The van der Waals surface area contributed by atoms with E-state index < -0.39 is 20.7 Å². The molecule has 3 N–H and O–H groups in total. The Labute approximate surface area is 239 Å². The Morgan fingerprint density at radius 3 is 2.62 bits per heavy atom. The van der Waals surface area contributed by atoms with Gasteiger partial charge in [0.1, 0.15) is 11.6 Å². The molecule has 0 aliphatic heterocycles. The van der Waals surface area contributed by atoms with Crippen LogP contribution in [0.15, 0.2) is 58.0 Å². The number of nitro groups is 1. The van der Waals surface area contributed by atoms with Crippen molar-refractivity contribution in [3.63, 3.8) is 0 Å². The van der Waals surface area contributed by atoms with Crippen LogP contribution in [0.3, 0.4) is 0 Å². The Bertz CT molecular complexity index is 1440. The van der Waals surface area contributed by atoms with Crippen LogP contribution in [0.4, 0.5) is 27.7 Å². The number of ether oxygens (including phenoxy) is 1. The molecule has 15 heteroatoms. The summed E-state index contributed by atoms with van der Waals surface area (Å²) < 4.78 is 22.2. The van der Waals surface area contributed by atoms with E-state index in [4.69, 9.17) is 16.3 Å². The van der Waals surface area contributed by atoms with Crippen molar-refractivity contribution in [3.8, 4) is 5.75 Å². The highest BCUT2D eigenvalue weighted by Crippen LogP contribution is 2.29. The molecular formula is C24H27BrClN7O5S. The fourth-order valence-corrected chi connectivity index (χ4v) is 4.94. The molecule has 1 atom stereocenters. The molecule has 0 saturated carbocycles. The molecule has 1 aromatic heterocycles. The zero-order valence-corrected chi connectivity index (χ0v) is 24.3. The van der Waals surface area contributed by atoms with Crippen LogP contribution in [0.5, 0.6) is 5.75 Å². The fourth-order valence-electron chi connectivity index (χ4n) is 3.29. The van der Waals surface area contributed by atoms with Crippen molar-refractivity contribution >= 4 is 72.0 Å². The number of carbonyl (C=O) groups excluding carboxylic acids is 1. The third-order valence-corrected chi connectivity index (χ3v) is 7.55. The molecule has 0 spiro atoms. The van der Waals surface area contributed by atoms with Gasteiger partial charge in [0, 0.05) is 44.3 Å². The predicted octanol–water partition coefficient (Wildman–Crippen LogP) is 4.95. The van der Waals surface area contributed by atoms with Crippen molar-refractivity contribution in [2.75, 3.05) is 42.8 Å². The monoisotopic (exact) mass is 639 g/mol. The van der Waals surface area contributed by atoms with Crippen LogP contribution in [0, 0.1) is 10.1 Å². The number of nitrogens with zero attached hydrogens (tertiary/aromatic N) is 4. The van der Waals surface area contributed by atoms with Gasteiger partial charge in [0.2, 0.25) is 5.28 Å². The van der Waals surface area contributed by atoms with Gasteiger partial charge in [-0.15, -0.1) is 0 Å². The zero-order valence-electron chi connectivity index (χ0n) is 21.1. The Hall–Kier alpha value is -3.62. The van der Waals surface area contributed by atoms with Gasteiger partial charge in [-0.3, -0.25) is 14.8 Å². The largest absolute Gasteiger partial charge is 0.492 e. The van der Waals surface area contributed by atoms with Crippen molar-refractivity contribution < 1.29 is 18.7 Å². The quantitative estimate of drug-likeness (QED) is 0.0821. The minimum absolute atomic E-state index is 0.00174. The van der Waals surface area contributed by atoms with Crippen molar-refractivity contribution in [2.45, 2.75) is 17.7 Å². The average Bonchev–Trinajstić information content (AvgIpc) is 2.87. The first-order valence-corrected chi connectivity index (χ1v) is 14.4. The van der Waals surface area contributed by atoms with Crippen LogP contribution in [0.1, 0.15) is 12.8 Å². The van der Waals surface area contributed by atoms with Crippen LogP contribution in [0.2, 0.25) is 5.28 Å². The number of hydrogen-bond acceptors (Lipinski definition) is 9. The van der Waals surface area contributed by atoms with Gasteiger partial charge in [-0.2, -0.15) is 4.98 Å². The second-order valence-corrected chi connectivity index (χ2v) is 11.6. The summed E-state index contributed by atoms with van der Waals surface area (Å²) >= 11 is 9.15. The molecule has 12 nitrogen and oxygen atoms in total. The molecule has 0 radical (unpaired) electrons. The Morgan fingerprint density at radius 2 is 1.95 bits per heavy atom. The maximum Gasteiger partial charge on any atom is 0.330 e. The smallest absolute Gasteiger partial charge is 0.330 e. The van der Waals surface area contributed by atoms with Gasteiger partial charge in [-0.1, -0.05) is 0 Å². The average molecular weight is 641 g/mol. The highest BCUT2D eigenvalue weighted by Gasteiger charge is 2.20. The molecule has 0 fully saturated rings. The number of non-ortho nitro benzene ring substituents is 1. The third kappa shape index (κ3) is 8.70. The van der Waals surface area contributed by atoms with E-state index in [0.29, 0.717) is 35.4 Å². The van der Waals surface area contributed by atoms with E-state index in [1.807, 2.05) is 31.1 Å². The molecule has 0 bridgehead atoms. The summed E-state index contributed by atoms with van der Waals surface area (Å²) in [5.41, 5.74) is 1.18. The molecule has 208 valence electrons. The number of hydrogen-bond donors (Lipinski definition) is 3. The molecule has 2 amide bonds. The van der Waals surface area contributed by atoms with Crippen molar-refractivity contribution in [1.82, 2.24) is 14.7 Å². The summed E-state index contributed by atoms with van der Waals surface area (Å²) in [6.07, 6.45) is 2.75. The first kappa shape index (κ1) is 29.9. The molecule has 0 aliphatic carbocycles. The number of nitrogens with one attached hydrogen (secondary N) is 3. The molecule has 1 heterocycles. The standard InChI is InChI=1S/C24H27BrClN7O5S/c1-32(2)17-8-6-16(7-9-17)29-24(34)31-39(3,37)21-11-10-18(33(35)36)14-20(21)38-13-5-4-12-27-22-19(25)15-28-23(26)30-22/h6-11,14-15H,3-5,12-13H2,1-2H3,(H,27,28,30)(H2,29,31,34,37). The summed E-state index contributed by atoms with van der Waals surface area (Å²) in [7, 11) is 0.356. The first-order valence-electron chi connectivity index (χ1n) is 11.5. The summed E-state index contributed by atoms with van der Waals surface area (Å²) in [6, 6.07) is 9.90. The van der Waals surface area contributed by atoms with Gasteiger partial charge in [-0.25, -0.2) is 14.0 Å². The SMILES string of the molecule is C=S(=O)(NC(=O)Nc1ccc(N(C)C)cc1)c1ccc([N+](=O)[O-])cc1OCCCCNc1nc(Cl)ncc1Br. The number of amides is 2. The minimum Gasteiger partial charge on any atom is -0.492 e. The Kier molecular flexibility index (Phi) is 10.3. The van der Waals surface area contributed by atoms with Crippen LogP contribution in [0.25, 0.3) is 0 Å². The van der Waals surface area contributed by atoms with Crippen molar-refractivity contribution in [3.05, 3.63) is 68.5 Å². The number of unbranched alkanes of at least 4 members (excludes halogenated alkanes) is 1. The van der Waals surface area contributed by atoms with E-state index in [-0.39, 0.29) is 28.2 Å². The lowest BCUT2D eigenvalue weighted by Gasteiger charge is -2.17. The summed E-state index contributed by atoms with van der Waals surface area (Å²) in [4.78, 5) is 33.2. The molecule has 0 aliphatic rings. The Morgan fingerprint density at radius 1 is 1.23 bits per heavy atom. The van der Waals surface area contributed by atoms with E-state index in [9.17, 15) is 19.1 Å². The van der Waals surface area contributed by atoms with Crippen molar-refractivity contribution in [2.24, 2.45) is 0 Å². The normalized spacial score (nSPS) is 12.2. The number of halogens is 2. The second-order valence-electron chi connectivity index (χ2n) is 8.38. The van der Waals surface area contributed by atoms with E-state index >= 15 is 0 Å². The number of urea groups is 1. The van der Waals surface area contributed by atoms with E-state index in [1.54, 1.807) is 12.1 Å². The Balaban J connectivity index is 1.62. The molecule has 3 aromatic rings. The van der Waals surface area contributed by atoms with Crippen LogP contribution < -0.4 is 25.0 Å². The van der Waals surface area contributed by atoms with Crippen LogP contribution >= 0.6 is 27.5 Å². The van der Waals surface area contributed by atoms with Gasteiger partial charge in [0.15, 0.2) is 0 Å². The lowest BCUT2D eigenvalue weighted by atomic mass is 10.2. The summed E-state index contributed by atoms with van der Waals surface area (Å²) in [5.74, 6) is 4.21. The fraction of sp³-hybridized carbons (Fsp3) is 0.250. The lowest BCUT2D eigenvalue weighted by molar-refractivity contribution is -0.385. The molecule has 1 unspecified atom stereocenters. The topological polar surface area (TPSA) is 152 Å². The summed E-state index contributed by atoms with van der Waals surface area (Å²) in [5, 5.41) is 17.2. The van der Waals surface area contributed by atoms with Gasteiger partial charge in [-0.05, 0) is 76.6 Å². The molecular weight excluding hydrogens is 614 g/mol. The van der Waals surface area contributed by atoms with E-state index in [0.717, 1.165) is 11.8 Å². The second kappa shape index (κ2) is 13.4. The number of aromatic nitrogens is 2. The highest BCUT2D eigenvalue weighted by molar-refractivity contribution is 9.10. The maximum atomic E-state index is 13.4. The molecule has 0 saturated heterocycles. The molecule has 3 rings (SSSR count). The number of carbonyl (C=O) groups is 1. The zero-order chi connectivity index (χ0) is 28.6. The van der Waals surface area contributed by atoms with Crippen LogP contribution in [-0.4, -0.2) is 58.2 Å². The number of anilines is 3. The molecule has 39 heavy (non-hydrogen) atoms. The number of rotatable bonds is 12. The van der Waals surface area contributed by atoms with E-state index in [2.05, 4.69) is 47.1 Å². The maximum absolute atomic E-state index is 13.4. The van der Waals surface area contributed by atoms with Gasteiger partial charge in [0.05, 0.1) is 36.7 Å². The number of nitro benzene ring substituents is 1. The van der Waals surface area contributed by atoms with Gasteiger partial charge < -0.3 is 20.3 Å². The lowest BCUT2D eigenvalue weighted by Crippen LogP contribution is -2.34. The predicted molar refractivity (Wildman–Crippen MR) is 158 cm³/mol. The third-order valence-electron chi connectivity index (χ3n) is 5.23. The first-order chi connectivity index (χ1) is 18.5. The van der Waals surface area contributed by atoms with Crippen LogP contribution in [-0.2, 0) is 9.71 Å². The van der Waals surface area contributed by atoms with E-state index in [1.165, 1.54) is 18.3 Å². The number of benzene rings is 2. The highest BCUT2D eigenvalue weighted by atomic mass is 79.9. The molecule has 2 aromatic carbocycles. The minimum atomic E-state index is -3.43. The summed E-state index contributed by atoms with van der Waals surface area (Å²) in [6.45, 7) is 0.710. The van der Waals surface area contributed by atoms with Gasteiger partial charge >= 0.3 is 6.03 Å². The van der Waals surface area contributed by atoms with Gasteiger partial charge in [0.25, 0.3) is 5.69 Å².